The summed E-state index contributed by atoms with van der Waals surface area (Å²) in [6.45, 7) is 2.76. The van der Waals surface area contributed by atoms with E-state index >= 15 is 4.39 Å². The van der Waals surface area contributed by atoms with Crippen molar-refractivity contribution in [2.24, 2.45) is 0 Å². The second-order valence-electron chi connectivity index (χ2n) is 11.7. The number of pyridine rings is 1. The van der Waals surface area contributed by atoms with E-state index < -0.39 is 11.6 Å². The third kappa shape index (κ3) is 5.24. The van der Waals surface area contributed by atoms with Crippen LogP contribution < -0.4 is 9.47 Å². The highest BCUT2D eigenvalue weighted by molar-refractivity contribution is 6.00. The highest BCUT2D eigenvalue weighted by Gasteiger charge is 2.45. The lowest BCUT2D eigenvalue weighted by Gasteiger charge is -2.31. The van der Waals surface area contributed by atoms with Gasteiger partial charge in [0, 0.05) is 23.8 Å². The first-order chi connectivity index (χ1) is 21.6. The van der Waals surface area contributed by atoms with Gasteiger partial charge < -0.3 is 14.6 Å². The van der Waals surface area contributed by atoms with Crippen LogP contribution >= 0.6 is 0 Å². The zero-order valence-corrected chi connectivity index (χ0v) is 24.4. The Labute approximate surface area is 254 Å². The van der Waals surface area contributed by atoms with Crippen molar-refractivity contribution < 1.29 is 23.4 Å². The molecule has 0 radical (unpaired) electrons. The van der Waals surface area contributed by atoms with Gasteiger partial charge in [-0.1, -0.05) is 54.6 Å². The average Bonchev–Trinajstić information content (AvgIpc) is 3.64. The van der Waals surface area contributed by atoms with Crippen LogP contribution in [0.1, 0.15) is 43.2 Å². The van der Waals surface area contributed by atoms with E-state index in [4.69, 9.17) is 9.47 Å². The molecule has 2 aromatic heterocycles. The van der Waals surface area contributed by atoms with Crippen LogP contribution in [0.5, 0.6) is 11.9 Å². The molecule has 0 bridgehead atoms. The molecule has 2 fully saturated rings. The van der Waals surface area contributed by atoms with Crippen molar-refractivity contribution in [3.8, 4) is 23.1 Å². The zero-order chi connectivity index (χ0) is 30.1. The number of aryl methyl sites for hydroxylation is 1. The van der Waals surface area contributed by atoms with Gasteiger partial charge in [-0.15, -0.1) is 0 Å². The minimum Gasteiger partial charge on any atom is -0.472 e. The highest BCUT2D eigenvalue weighted by Crippen LogP contribution is 2.40. The topological polar surface area (TPSA) is 80.6 Å². The summed E-state index contributed by atoms with van der Waals surface area (Å²) >= 11 is 0. The number of aromatic nitrogens is 3. The molecule has 0 aliphatic carbocycles. The summed E-state index contributed by atoms with van der Waals surface area (Å²) in [5, 5.41) is 10.7. The lowest BCUT2D eigenvalue weighted by Crippen LogP contribution is -2.43. The summed E-state index contributed by atoms with van der Waals surface area (Å²) in [7, 11) is 0. The van der Waals surface area contributed by atoms with Gasteiger partial charge in [0.05, 0.1) is 10.9 Å². The Morgan fingerprint density at radius 1 is 0.886 bits per heavy atom. The Hall–Kier alpha value is -4.21. The number of ether oxygens (including phenoxy) is 2. The van der Waals surface area contributed by atoms with Gasteiger partial charge in [0.1, 0.15) is 30.2 Å². The molecule has 0 atom stereocenters. The Morgan fingerprint density at radius 3 is 2.50 bits per heavy atom. The first kappa shape index (κ1) is 28.6. The number of fused-ring (bicyclic) bond motifs is 3. The third-order valence-electron chi connectivity index (χ3n) is 9.06. The molecule has 2 aliphatic rings. The number of rotatable bonds is 10. The molecule has 1 N–H and O–H groups in total. The van der Waals surface area contributed by atoms with Gasteiger partial charge in [-0.2, -0.15) is 9.97 Å². The van der Waals surface area contributed by atoms with Gasteiger partial charge in [-0.3, -0.25) is 9.88 Å². The normalized spacial score (nSPS) is 16.1. The van der Waals surface area contributed by atoms with Crippen LogP contribution in [0, 0.1) is 11.6 Å². The molecule has 7 rings (SSSR count). The van der Waals surface area contributed by atoms with Crippen LogP contribution in [0.2, 0.25) is 0 Å². The Bertz CT molecular complexity index is 1810. The van der Waals surface area contributed by atoms with Crippen LogP contribution in [-0.4, -0.2) is 56.8 Å². The monoisotopic (exact) mass is 596 g/mol. The molecular weight excluding hydrogens is 562 g/mol. The molecule has 44 heavy (non-hydrogen) atoms. The van der Waals surface area contributed by atoms with E-state index in [0.29, 0.717) is 41.2 Å². The number of aliphatic hydroxyl groups excluding tert-OH is 1. The van der Waals surface area contributed by atoms with E-state index in [-0.39, 0.29) is 41.9 Å². The lowest BCUT2D eigenvalue weighted by atomic mass is 9.94. The quantitative estimate of drug-likeness (QED) is 0.194. The molecule has 0 amide bonds. The fraction of sp³-hybridized carbons (Fsp3) is 0.343. The molecule has 2 saturated heterocycles. The molecule has 226 valence electrons. The summed E-state index contributed by atoms with van der Waals surface area (Å²) in [5.41, 5.74) is 2.24. The van der Waals surface area contributed by atoms with E-state index in [0.717, 1.165) is 49.9 Å². The fourth-order valence-electron chi connectivity index (χ4n) is 6.88. The summed E-state index contributed by atoms with van der Waals surface area (Å²) in [6, 6.07) is 17.9. The minimum absolute atomic E-state index is 0.00583. The molecule has 2 aliphatic heterocycles. The van der Waals surface area contributed by atoms with Gasteiger partial charge in [-0.05, 0) is 74.2 Å². The number of nitrogens with zero attached hydrogens (tertiary/aromatic N) is 4. The van der Waals surface area contributed by atoms with Crippen molar-refractivity contribution in [2.45, 2.75) is 50.7 Å². The predicted molar refractivity (Wildman–Crippen MR) is 165 cm³/mol. The Morgan fingerprint density at radius 2 is 1.70 bits per heavy atom. The Kier molecular flexibility index (Phi) is 7.82. The lowest BCUT2D eigenvalue weighted by molar-refractivity contribution is 0.107. The van der Waals surface area contributed by atoms with Crippen LogP contribution in [0.15, 0.2) is 66.9 Å². The van der Waals surface area contributed by atoms with E-state index in [1.54, 1.807) is 24.3 Å². The zero-order valence-electron chi connectivity index (χ0n) is 24.4. The smallest absolute Gasteiger partial charge is 0.320 e. The van der Waals surface area contributed by atoms with Gasteiger partial charge in [0.25, 0.3) is 0 Å². The van der Waals surface area contributed by atoms with Crippen LogP contribution in [0.4, 0.5) is 8.78 Å². The van der Waals surface area contributed by atoms with Crippen molar-refractivity contribution >= 4 is 21.7 Å². The summed E-state index contributed by atoms with van der Waals surface area (Å²) in [6.07, 6.45) is 6.88. The number of halogens is 2. The van der Waals surface area contributed by atoms with Crippen molar-refractivity contribution in [3.05, 3.63) is 89.6 Å². The largest absolute Gasteiger partial charge is 0.472 e. The van der Waals surface area contributed by atoms with Crippen LogP contribution in [-0.2, 0) is 13.0 Å². The highest BCUT2D eigenvalue weighted by atomic mass is 19.1. The minimum atomic E-state index is -0.661. The molecule has 4 heterocycles. The summed E-state index contributed by atoms with van der Waals surface area (Å²) < 4.78 is 44.0. The van der Waals surface area contributed by atoms with E-state index in [9.17, 15) is 9.50 Å². The van der Waals surface area contributed by atoms with Gasteiger partial charge in [-0.25, -0.2) is 8.78 Å². The number of hydrogen-bond acceptors (Lipinski definition) is 7. The SMILES string of the molecule is OCCCc1ccc(F)c2cccc(-c3ncc4c(OCc5ccccc5)nc(OCC56CCCN5CCC6)nc4c3F)c12. The maximum absolute atomic E-state index is 16.6. The maximum Gasteiger partial charge on any atom is 0.320 e. The van der Waals surface area contributed by atoms with Crippen molar-refractivity contribution in [1.82, 2.24) is 19.9 Å². The van der Waals surface area contributed by atoms with Crippen molar-refractivity contribution in [2.75, 3.05) is 26.3 Å². The molecule has 0 saturated carbocycles. The molecule has 7 nitrogen and oxygen atoms in total. The summed E-state index contributed by atoms with van der Waals surface area (Å²) in [5.74, 6) is -0.880. The van der Waals surface area contributed by atoms with E-state index in [1.165, 1.54) is 12.3 Å². The second kappa shape index (κ2) is 12.1. The van der Waals surface area contributed by atoms with Crippen LogP contribution in [0.25, 0.3) is 32.9 Å². The van der Waals surface area contributed by atoms with E-state index in [1.807, 2.05) is 30.3 Å². The number of aliphatic hydroxyl groups is 1. The predicted octanol–water partition coefficient (Wildman–Crippen LogP) is 6.63. The van der Waals surface area contributed by atoms with E-state index in [2.05, 4.69) is 19.9 Å². The fourth-order valence-corrected chi connectivity index (χ4v) is 6.88. The van der Waals surface area contributed by atoms with Crippen molar-refractivity contribution in [3.63, 3.8) is 0 Å². The molecular formula is C35H34F2N4O3. The third-order valence-corrected chi connectivity index (χ3v) is 9.06. The Balaban J connectivity index is 1.33. The van der Waals surface area contributed by atoms with Gasteiger partial charge in [0.2, 0.25) is 5.88 Å². The van der Waals surface area contributed by atoms with Gasteiger partial charge in [0.15, 0.2) is 5.82 Å². The standard InChI is InChI=1S/C35H34F2N4O3/c36-28-14-13-24(10-5-19-42)29-25(28)11-4-12-26(29)31-30(37)32-27(20-38-31)33(43-21-23-8-2-1-3-9-23)40-34(39-32)44-22-35-15-6-17-41(35)18-7-16-35/h1-4,8-9,11-14,20,42H,5-7,10,15-19,21-22H2. The number of benzene rings is 3. The molecule has 0 spiro atoms. The summed E-state index contributed by atoms with van der Waals surface area (Å²) in [4.78, 5) is 16.2. The second-order valence-corrected chi connectivity index (χ2v) is 11.7. The molecule has 9 heteroatoms. The van der Waals surface area contributed by atoms with Crippen LogP contribution in [0.3, 0.4) is 0 Å². The molecule has 0 unspecified atom stereocenters. The number of hydrogen-bond donors (Lipinski definition) is 1. The van der Waals surface area contributed by atoms with Gasteiger partial charge >= 0.3 is 6.01 Å². The molecule has 5 aromatic rings. The average molecular weight is 597 g/mol. The first-order valence-corrected chi connectivity index (χ1v) is 15.3. The first-order valence-electron chi connectivity index (χ1n) is 15.3. The van der Waals surface area contributed by atoms with Crippen molar-refractivity contribution in [1.29, 1.82) is 0 Å². The maximum atomic E-state index is 16.6. The molecule has 3 aromatic carbocycles.